The first-order valence-electron chi connectivity index (χ1n) is 17.0. The van der Waals surface area contributed by atoms with E-state index in [-0.39, 0.29) is 23.7 Å². The highest BCUT2D eigenvalue weighted by Crippen LogP contribution is 2.43. The Hall–Kier alpha value is -3.83. The molecule has 0 aliphatic carbocycles. The molecule has 2 atom stereocenters. The summed E-state index contributed by atoms with van der Waals surface area (Å²) in [4.78, 5) is 33.3. The summed E-state index contributed by atoms with van der Waals surface area (Å²) in [7, 11) is 8.28. The summed E-state index contributed by atoms with van der Waals surface area (Å²) in [5, 5.41) is 3.58. The molecule has 258 valence electrons. The SMILES string of the molecule is CCOC(C)(C)C[C@H]1[C@H](C)C(CC)=C(/N=C(/Nc2ccc(N(C)CCN(C)CC)cc2)N(C)C)N1c1cccc(N2CCOC2=O)n1. The molecular weight excluding hydrogens is 592 g/mol. The number of aliphatic imine (C=N–C) groups is 1. The van der Waals surface area contributed by atoms with Crippen LogP contribution in [0, 0.1) is 5.92 Å². The van der Waals surface area contributed by atoms with Gasteiger partial charge in [-0.25, -0.2) is 9.78 Å². The number of hydrogen-bond donors (Lipinski definition) is 1. The summed E-state index contributed by atoms with van der Waals surface area (Å²) in [6.45, 7) is 17.5. The summed E-state index contributed by atoms with van der Waals surface area (Å²) >= 11 is 0. The summed E-state index contributed by atoms with van der Waals surface area (Å²) < 4.78 is 11.4. The van der Waals surface area contributed by atoms with E-state index in [1.165, 1.54) is 11.3 Å². The first-order chi connectivity index (χ1) is 22.4. The van der Waals surface area contributed by atoms with Crippen LogP contribution in [0.5, 0.6) is 0 Å². The second-order valence-corrected chi connectivity index (χ2v) is 13.3. The van der Waals surface area contributed by atoms with Crippen molar-refractivity contribution in [2.24, 2.45) is 10.9 Å². The molecule has 2 aromatic rings. The molecule has 0 bridgehead atoms. The lowest BCUT2D eigenvalue weighted by Gasteiger charge is -2.36. The smallest absolute Gasteiger partial charge is 0.415 e. The van der Waals surface area contributed by atoms with E-state index in [4.69, 9.17) is 19.5 Å². The second-order valence-electron chi connectivity index (χ2n) is 13.3. The molecule has 1 amide bonds. The van der Waals surface area contributed by atoms with Gasteiger partial charge in [0, 0.05) is 64.2 Å². The summed E-state index contributed by atoms with van der Waals surface area (Å²) in [5.74, 6) is 3.11. The monoisotopic (exact) mass is 648 g/mol. The molecule has 0 radical (unpaired) electrons. The van der Waals surface area contributed by atoms with E-state index in [2.05, 4.69) is 93.0 Å². The maximum absolute atomic E-state index is 12.5. The van der Waals surface area contributed by atoms with Gasteiger partial charge < -0.3 is 34.4 Å². The van der Waals surface area contributed by atoms with Crippen LogP contribution in [0.1, 0.15) is 54.4 Å². The third-order valence-corrected chi connectivity index (χ3v) is 9.15. The fourth-order valence-electron chi connectivity index (χ4n) is 6.25. The van der Waals surface area contributed by atoms with Crippen molar-refractivity contribution in [3.8, 4) is 0 Å². The first kappa shape index (κ1) is 36.0. The van der Waals surface area contributed by atoms with Crippen molar-refractivity contribution in [1.29, 1.82) is 0 Å². The summed E-state index contributed by atoms with van der Waals surface area (Å²) in [6.07, 6.45) is 1.25. The number of carbonyl (C=O) groups excluding carboxylic acids is 1. The topological polar surface area (TPSA) is 89.0 Å². The van der Waals surface area contributed by atoms with Gasteiger partial charge in [-0.05, 0) is 89.2 Å². The van der Waals surface area contributed by atoms with Gasteiger partial charge in [0.25, 0.3) is 0 Å². The van der Waals surface area contributed by atoms with E-state index in [1.54, 1.807) is 4.90 Å². The van der Waals surface area contributed by atoms with Crippen LogP contribution in [0.2, 0.25) is 0 Å². The van der Waals surface area contributed by atoms with Crippen LogP contribution in [0.15, 0.2) is 58.9 Å². The third-order valence-electron chi connectivity index (χ3n) is 9.15. The maximum Gasteiger partial charge on any atom is 0.415 e. The zero-order chi connectivity index (χ0) is 34.3. The fraction of sp³-hybridized carbons (Fsp3) is 0.583. The molecule has 2 aliphatic heterocycles. The standard InChI is InChI=1S/C36H56N8O3/c1-11-29-26(4)30(25-36(5,6)47-13-3)44(32-16-14-15-31(38-32)43-23-24-46-35(43)45)33(29)39-34(40(7)8)37-27-17-19-28(20-18-27)42(10)22-21-41(9)12-2/h14-20,26,30H,11-13,21-25H2,1-10H3,(H,37,39)/t26-,30+/m1/s1. The van der Waals surface area contributed by atoms with Crippen molar-refractivity contribution in [1.82, 2.24) is 14.8 Å². The number of anilines is 4. The lowest BCUT2D eigenvalue weighted by atomic mass is 9.87. The number of amides is 1. The van der Waals surface area contributed by atoms with Crippen molar-refractivity contribution < 1.29 is 14.3 Å². The maximum atomic E-state index is 12.5. The molecule has 3 heterocycles. The number of rotatable bonds is 14. The first-order valence-corrected chi connectivity index (χ1v) is 17.0. The second kappa shape index (κ2) is 15.8. The van der Waals surface area contributed by atoms with Crippen molar-refractivity contribution in [3.05, 3.63) is 53.9 Å². The van der Waals surface area contributed by atoms with Gasteiger partial charge in [0.1, 0.15) is 24.1 Å². The van der Waals surface area contributed by atoms with Crippen molar-refractivity contribution >= 4 is 35.1 Å². The molecule has 0 spiro atoms. The molecule has 4 rings (SSSR count). The van der Waals surface area contributed by atoms with E-state index >= 15 is 0 Å². The van der Waals surface area contributed by atoms with Crippen LogP contribution in [-0.2, 0) is 9.47 Å². The largest absolute Gasteiger partial charge is 0.447 e. The molecule has 1 aromatic heterocycles. The molecule has 0 unspecified atom stereocenters. The van der Waals surface area contributed by atoms with Crippen LogP contribution in [0.4, 0.5) is 27.8 Å². The van der Waals surface area contributed by atoms with Gasteiger partial charge in [-0.1, -0.05) is 26.8 Å². The van der Waals surface area contributed by atoms with Gasteiger partial charge >= 0.3 is 6.09 Å². The van der Waals surface area contributed by atoms with Gasteiger partial charge in [-0.3, -0.25) is 4.90 Å². The summed E-state index contributed by atoms with van der Waals surface area (Å²) in [5.41, 5.74) is 3.02. The Morgan fingerprint density at radius 1 is 1.06 bits per heavy atom. The number of cyclic esters (lactones) is 1. The zero-order valence-electron chi connectivity index (χ0n) is 30.2. The lowest BCUT2D eigenvalue weighted by molar-refractivity contribution is -0.0223. The number of pyridine rings is 1. The van der Waals surface area contributed by atoms with Crippen LogP contribution in [-0.4, -0.2) is 106 Å². The number of guanidine groups is 1. The van der Waals surface area contributed by atoms with E-state index in [0.29, 0.717) is 25.6 Å². The van der Waals surface area contributed by atoms with Crippen molar-refractivity contribution in [2.45, 2.75) is 66.0 Å². The Balaban J connectivity index is 1.71. The Morgan fingerprint density at radius 2 is 1.77 bits per heavy atom. The molecule has 2 aliphatic rings. The minimum atomic E-state index is -0.369. The normalized spacial score (nSPS) is 18.8. The number of ether oxygens (including phenoxy) is 2. The lowest BCUT2D eigenvalue weighted by Crippen LogP contribution is -2.41. The zero-order valence-corrected chi connectivity index (χ0v) is 30.2. The van der Waals surface area contributed by atoms with E-state index in [9.17, 15) is 4.79 Å². The highest BCUT2D eigenvalue weighted by molar-refractivity contribution is 5.94. The van der Waals surface area contributed by atoms with Crippen molar-refractivity contribution in [3.63, 3.8) is 0 Å². The highest BCUT2D eigenvalue weighted by atomic mass is 16.6. The number of likely N-dealkylation sites (N-methyl/N-ethyl adjacent to an activating group) is 2. The number of nitrogens with zero attached hydrogens (tertiary/aromatic N) is 7. The Bertz CT molecular complexity index is 1410. The number of nitrogens with one attached hydrogen (secondary N) is 1. The number of benzene rings is 1. The Labute approximate surface area is 282 Å². The van der Waals surface area contributed by atoms with E-state index < -0.39 is 0 Å². The molecule has 0 saturated carbocycles. The van der Waals surface area contributed by atoms with Crippen LogP contribution < -0.4 is 20.0 Å². The highest BCUT2D eigenvalue weighted by Gasteiger charge is 2.42. The van der Waals surface area contributed by atoms with Gasteiger partial charge in [0.15, 0.2) is 0 Å². The van der Waals surface area contributed by atoms with Gasteiger partial charge in [0.2, 0.25) is 5.96 Å². The van der Waals surface area contributed by atoms with Gasteiger partial charge in [-0.15, -0.1) is 0 Å². The average Bonchev–Trinajstić information content (AvgIpc) is 3.58. The Morgan fingerprint density at radius 3 is 2.36 bits per heavy atom. The quantitative estimate of drug-likeness (QED) is 0.193. The van der Waals surface area contributed by atoms with Gasteiger partial charge in [0.05, 0.1) is 12.1 Å². The average molecular weight is 649 g/mol. The molecule has 1 saturated heterocycles. The number of aromatic nitrogens is 1. The van der Waals surface area contributed by atoms with Crippen molar-refractivity contribution in [2.75, 3.05) is 87.6 Å². The molecule has 11 nitrogen and oxygen atoms in total. The predicted molar refractivity (Wildman–Crippen MR) is 194 cm³/mol. The fourth-order valence-corrected chi connectivity index (χ4v) is 6.25. The van der Waals surface area contributed by atoms with Crippen LogP contribution in [0.25, 0.3) is 0 Å². The van der Waals surface area contributed by atoms with Gasteiger partial charge in [-0.2, -0.15) is 4.99 Å². The molecule has 1 N–H and O–H groups in total. The molecule has 1 aromatic carbocycles. The molecule has 47 heavy (non-hydrogen) atoms. The third kappa shape index (κ3) is 8.75. The minimum Gasteiger partial charge on any atom is -0.447 e. The number of hydrogen-bond acceptors (Lipinski definition) is 8. The van der Waals surface area contributed by atoms with Crippen LogP contribution in [0.3, 0.4) is 0 Å². The van der Waals surface area contributed by atoms with E-state index in [1.807, 2.05) is 44.1 Å². The van der Waals surface area contributed by atoms with E-state index in [0.717, 1.165) is 55.8 Å². The summed E-state index contributed by atoms with van der Waals surface area (Å²) in [6, 6.07) is 14.4. The Kier molecular flexibility index (Phi) is 12.1. The number of carbonyl (C=O) groups is 1. The molecule has 11 heteroatoms. The predicted octanol–water partition coefficient (Wildman–Crippen LogP) is 6.11. The molecule has 1 fully saturated rings. The molecular formula is C36H56N8O3. The van der Waals surface area contributed by atoms with Crippen LogP contribution >= 0.6 is 0 Å². The minimum absolute atomic E-state index is 0.0449.